The normalized spacial score (nSPS) is 13.9. The first kappa shape index (κ1) is 15.2. The van der Waals surface area contributed by atoms with Gasteiger partial charge in [-0.2, -0.15) is 13.2 Å². The van der Waals surface area contributed by atoms with Gasteiger partial charge in [0, 0.05) is 13.0 Å². The number of rotatable bonds is 6. The Hall–Kier alpha value is -0.780. The Morgan fingerprint density at radius 1 is 1.38 bits per heavy atom. The molecule has 0 aliphatic rings. The van der Waals surface area contributed by atoms with Crippen molar-refractivity contribution in [2.24, 2.45) is 11.7 Å². The molecule has 16 heavy (non-hydrogen) atoms. The molecule has 3 N–H and O–H groups in total. The van der Waals surface area contributed by atoms with Gasteiger partial charge in [-0.3, -0.25) is 4.79 Å². The lowest BCUT2D eigenvalue weighted by Crippen LogP contribution is -2.41. The second-order valence-electron chi connectivity index (χ2n) is 4.25. The fourth-order valence-electron chi connectivity index (χ4n) is 1.25. The summed E-state index contributed by atoms with van der Waals surface area (Å²) in [7, 11) is 0. The third-order valence-electron chi connectivity index (χ3n) is 2.00. The van der Waals surface area contributed by atoms with Crippen LogP contribution in [0.5, 0.6) is 0 Å². The zero-order valence-electron chi connectivity index (χ0n) is 9.60. The lowest BCUT2D eigenvalue weighted by atomic mass is 10.0. The van der Waals surface area contributed by atoms with Crippen molar-refractivity contribution in [2.45, 2.75) is 45.3 Å². The third-order valence-corrected chi connectivity index (χ3v) is 2.00. The van der Waals surface area contributed by atoms with Crippen LogP contribution in [0.25, 0.3) is 0 Å². The summed E-state index contributed by atoms with van der Waals surface area (Å²) in [6, 6.07) is -0.633. The SMILES string of the molecule is CC(C)C[C@@H](N)C(=O)NCCCC(F)(F)F. The fourth-order valence-corrected chi connectivity index (χ4v) is 1.25. The molecule has 0 saturated carbocycles. The molecule has 0 radical (unpaired) electrons. The minimum Gasteiger partial charge on any atom is -0.355 e. The average Bonchev–Trinajstić information content (AvgIpc) is 2.09. The maximum atomic E-state index is 11.8. The van der Waals surface area contributed by atoms with Crippen LogP contribution in [0, 0.1) is 5.92 Å². The van der Waals surface area contributed by atoms with Gasteiger partial charge in [-0.25, -0.2) is 0 Å². The Balaban J connectivity index is 3.65. The van der Waals surface area contributed by atoms with E-state index in [1.807, 2.05) is 13.8 Å². The average molecular weight is 240 g/mol. The largest absolute Gasteiger partial charge is 0.389 e. The Kier molecular flexibility index (Phi) is 6.40. The van der Waals surface area contributed by atoms with Crippen LogP contribution in [0.3, 0.4) is 0 Å². The molecule has 0 heterocycles. The molecule has 0 aliphatic carbocycles. The Labute approximate surface area is 93.6 Å². The summed E-state index contributed by atoms with van der Waals surface area (Å²) >= 11 is 0. The topological polar surface area (TPSA) is 55.1 Å². The number of hydrogen-bond donors (Lipinski definition) is 2. The van der Waals surface area contributed by atoms with Crippen LogP contribution in [0.1, 0.15) is 33.1 Å². The maximum Gasteiger partial charge on any atom is 0.389 e. The van der Waals surface area contributed by atoms with Gasteiger partial charge in [0.1, 0.15) is 0 Å². The van der Waals surface area contributed by atoms with Crippen LogP contribution in [-0.2, 0) is 4.79 Å². The number of nitrogens with two attached hydrogens (primary N) is 1. The summed E-state index contributed by atoms with van der Waals surface area (Å²) in [4.78, 5) is 11.3. The van der Waals surface area contributed by atoms with Crippen molar-refractivity contribution in [3.63, 3.8) is 0 Å². The maximum absolute atomic E-state index is 11.8. The van der Waals surface area contributed by atoms with Crippen LogP contribution in [0.15, 0.2) is 0 Å². The monoisotopic (exact) mass is 240 g/mol. The molecule has 0 aromatic heterocycles. The van der Waals surface area contributed by atoms with E-state index in [2.05, 4.69) is 5.32 Å². The molecule has 0 saturated heterocycles. The van der Waals surface area contributed by atoms with Crippen molar-refractivity contribution < 1.29 is 18.0 Å². The molecule has 6 heteroatoms. The van der Waals surface area contributed by atoms with Crippen LogP contribution in [0.4, 0.5) is 13.2 Å². The fraction of sp³-hybridized carbons (Fsp3) is 0.900. The number of amides is 1. The molecule has 0 rings (SSSR count). The smallest absolute Gasteiger partial charge is 0.355 e. The highest BCUT2D eigenvalue weighted by atomic mass is 19.4. The van der Waals surface area contributed by atoms with Gasteiger partial charge in [0.05, 0.1) is 6.04 Å². The van der Waals surface area contributed by atoms with E-state index in [-0.39, 0.29) is 24.8 Å². The molecule has 1 atom stereocenters. The van der Waals surface area contributed by atoms with Crippen molar-refractivity contribution in [3.8, 4) is 0 Å². The van der Waals surface area contributed by atoms with Gasteiger partial charge in [0.2, 0.25) is 5.91 Å². The van der Waals surface area contributed by atoms with Gasteiger partial charge in [-0.1, -0.05) is 13.8 Å². The van der Waals surface area contributed by atoms with Crippen LogP contribution in [-0.4, -0.2) is 24.7 Å². The Morgan fingerprint density at radius 2 is 1.94 bits per heavy atom. The second kappa shape index (κ2) is 6.73. The van der Waals surface area contributed by atoms with Crippen LogP contribution < -0.4 is 11.1 Å². The summed E-state index contributed by atoms with van der Waals surface area (Å²) < 4.78 is 35.3. The van der Waals surface area contributed by atoms with Gasteiger partial charge in [-0.15, -0.1) is 0 Å². The van der Waals surface area contributed by atoms with Crippen LogP contribution >= 0.6 is 0 Å². The molecule has 96 valence electrons. The Bertz CT molecular complexity index is 217. The molecular formula is C10H19F3N2O. The van der Waals surface area contributed by atoms with Gasteiger partial charge < -0.3 is 11.1 Å². The molecule has 0 aliphatic heterocycles. The first-order valence-electron chi connectivity index (χ1n) is 5.32. The van der Waals surface area contributed by atoms with E-state index < -0.39 is 18.6 Å². The number of alkyl halides is 3. The molecule has 1 amide bonds. The highest BCUT2D eigenvalue weighted by molar-refractivity contribution is 5.81. The van der Waals surface area contributed by atoms with Crippen molar-refractivity contribution in [2.75, 3.05) is 6.54 Å². The first-order valence-corrected chi connectivity index (χ1v) is 5.32. The number of carbonyl (C=O) groups excluding carboxylic acids is 1. The zero-order chi connectivity index (χ0) is 12.8. The van der Waals surface area contributed by atoms with Crippen molar-refractivity contribution >= 4 is 5.91 Å². The predicted octanol–water partition coefficient (Wildman–Crippen LogP) is 1.82. The van der Waals surface area contributed by atoms with E-state index in [1.54, 1.807) is 0 Å². The molecule has 0 aromatic rings. The lowest BCUT2D eigenvalue weighted by Gasteiger charge is -2.14. The molecule has 0 spiro atoms. The molecular weight excluding hydrogens is 221 g/mol. The first-order chi connectivity index (χ1) is 7.22. The lowest BCUT2D eigenvalue weighted by molar-refractivity contribution is -0.136. The van der Waals surface area contributed by atoms with Gasteiger partial charge >= 0.3 is 6.18 Å². The summed E-state index contributed by atoms with van der Waals surface area (Å²) in [5, 5.41) is 2.40. The quantitative estimate of drug-likeness (QED) is 0.696. The molecule has 0 bridgehead atoms. The van der Waals surface area contributed by atoms with Crippen molar-refractivity contribution in [1.82, 2.24) is 5.32 Å². The van der Waals surface area contributed by atoms with Crippen LogP contribution in [0.2, 0.25) is 0 Å². The number of halogens is 3. The van der Waals surface area contributed by atoms with E-state index in [0.29, 0.717) is 6.42 Å². The molecule has 0 fully saturated rings. The summed E-state index contributed by atoms with van der Waals surface area (Å²) in [5.41, 5.74) is 5.55. The standard InChI is InChI=1S/C10H19F3N2O/c1-7(2)6-8(14)9(16)15-5-3-4-10(11,12)13/h7-8H,3-6,14H2,1-2H3,(H,15,16)/t8-/m1/s1. The highest BCUT2D eigenvalue weighted by Gasteiger charge is 2.26. The summed E-state index contributed by atoms with van der Waals surface area (Å²) in [6.45, 7) is 3.87. The van der Waals surface area contributed by atoms with E-state index in [4.69, 9.17) is 5.73 Å². The highest BCUT2D eigenvalue weighted by Crippen LogP contribution is 2.20. The van der Waals surface area contributed by atoms with E-state index in [0.717, 1.165) is 0 Å². The summed E-state index contributed by atoms with van der Waals surface area (Å²) in [6.07, 6.45) is -4.62. The molecule has 3 nitrogen and oxygen atoms in total. The van der Waals surface area contributed by atoms with Crippen molar-refractivity contribution in [3.05, 3.63) is 0 Å². The Morgan fingerprint density at radius 3 is 2.38 bits per heavy atom. The predicted molar refractivity (Wildman–Crippen MR) is 55.7 cm³/mol. The van der Waals surface area contributed by atoms with E-state index in [1.165, 1.54) is 0 Å². The second-order valence-corrected chi connectivity index (χ2v) is 4.25. The number of carbonyl (C=O) groups is 1. The molecule has 0 unspecified atom stereocenters. The van der Waals surface area contributed by atoms with Gasteiger partial charge in [0.25, 0.3) is 0 Å². The summed E-state index contributed by atoms with van der Waals surface area (Å²) in [5.74, 6) is -0.0909. The van der Waals surface area contributed by atoms with Crippen molar-refractivity contribution in [1.29, 1.82) is 0 Å². The number of nitrogens with one attached hydrogen (secondary N) is 1. The van der Waals surface area contributed by atoms with Gasteiger partial charge in [-0.05, 0) is 18.8 Å². The van der Waals surface area contributed by atoms with E-state index in [9.17, 15) is 18.0 Å². The number of hydrogen-bond acceptors (Lipinski definition) is 2. The zero-order valence-corrected chi connectivity index (χ0v) is 9.60. The minimum atomic E-state index is -4.16. The minimum absolute atomic E-state index is 0.0180. The third kappa shape index (κ3) is 8.52. The van der Waals surface area contributed by atoms with Gasteiger partial charge in [0.15, 0.2) is 0 Å². The molecule has 0 aromatic carbocycles. The van der Waals surface area contributed by atoms with E-state index >= 15 is 0 Å².